The molecule has 0 aliphatic heterocycles. The quantitative estimate of drug-likeness (QED) is 0.377. The Morgan fingerprint density at radius 2 is 1.48 bits per heavy atom. The predicted octanol–water partition coefficient (Wildman–Crippen LogP) is 1.84. The van der Waals surface area contributed by atoms with Crippen molar-refractivity contribution in [1.29, 1.82) is 0 Å². The Balaban J connectivity index is 5.13. The maximum Gasteiger partial charge on any atom is 0.343 e. The van der Waals surface area contributed by atoms with Gasteiger partial charge < -0.3 is 18.5 Å². The van der Waals surface area contributed by atoms with Crippen molar-refractivity contribution in [2.24, 2.45) is 0 Å². The molecular weight excluding hydrogens is 347 g/mol. The van der Waals surface area contributed by atoms with Crippen LogP contribution in [0.25, 0.3) is 0 Å². The molecule has 23 heavy (non-hydrogen) atoms. The molecule has 0 aliphatic rings. The monoisotopic (exact) mass is 372 g/mol. The highest BCUT2D eigenvalue weighted by molar-refractivity contribution is 7.93. The van der Waals surface area contributed by atoms with Gasteiger partial charge in [0, 0.05) is 10.8 Å². The molecule has 0 aromatic carbocycles. The SMILES string of the molecule is CCOC(=O)C[C@H](C(=O)OCC)[S@@](=O)CP(=O)(OCC)OCC. The van der Waals surface area contributed by atoms with E-state index in [9.17, 15) is 18.4 Å². The average molecular weight is 372 g/mol. The third-order valence-corrected chi connectivity index (χ3v) is 7.04. The van der Waals surface area contributed by atoms with E-state index in [0.29, 0.717) is 0 Å². The average Bonchev–Trinajstić information content (AvgIpc) is 2.45. The molecule has 0 saturated heterocycles. The largest absolute Gasteiger partial charge is 0.466 e. The van der Waals surface area contributed by atoms with Crippen LogP contribution < -0.4 is 0 Å². The molecule has 0 N–H and O–H groups in total. The minimum Gasteiger partial charge on any atom is -0.466 e. The van der Waals surface area contributed by atoms with Gasteiger partial charge in [-0.15, -0.1) is 0 Å². The van der Waals surface area contributed by atoms with Crippen LogP contribution in [0.4, 0.5) is 0 Å². The van der Waals surface area contributed by atoms with E-state index in [-0.39, 0.29) is 26.4 Å². The summed E-state index contributed by atoms with van der Waals surface area (Å²) in [6.07, 6.45) is -0.419. The molecule has 0 rings (SSSR count). The number of ether oxygens (including phenoxy) is 2. The summed E-state index contributed by atoms with van der Waals surface area (Å²) in [6, 6.07) is 0. The molecule has 136 valence electrons. The van der Waals surface area contributed by atoms with Crippen LogP contribution in [-0.2, 0) is 43.5 Å². The third kappa shape index (κ3) is 8.60. The first kappa shape index (κ1) is 22.2. The number of hydrogen-bond acceptors (Lipinski definition) is 8. The molecule has 8 nitrogen and oxygen atoms in total. The van der Waals surface area contributed by atoms with Crippen molar-refractivity contribution in [1.82, 2.24) is 0 Å². The number of rotatable bonds is 12. The van der Waals surface area contributed by atoms with Gasteiger partial charge in [-0.2, -0.15) is 0 Å². The van der Waals surface area contributed by atoms with Crippen LogP contribution in [0, 0.1) is 0 Å². The lowest BCUT2D eigenvalue weighted by Gasteiger charge is -2.19. The second-order valence-corrected chi connectivity index (χ2v) is 8.31. The van der Waals surface area contributed by atoms with Gasteiger partial charge in [0.25, 0.3) is 0 Å². The first-order valence-electron chi connectivity index (χ1n) is 7.41. The normalized spacial score (nSPS) is 14.1. The lowest BCUT2D eigenvalue weighted by molar-refractivity contribution is -0.149. The van der Waals surface area contributed by atoms with E-state index in [1.54, 1.807) is 27.7 Å². The van der Waals surface area contributed by atoms with E-state index in [1.807, 2.05) is 0 Å². The maximum absolute atomic E-state index is 12.4. The molecule has 0 aromatic rings. The zero-order chi connectivity index (χ0) is 17.9. The topological polar surface area (TPSA) is 105 Å². The van der Waals surface area contributed by atoms with E-state index < -0.39 is 47.5 Å². The predicted molar refractivity (Wildman–Crippen MR) is 85.5 cm³/mol. The van der Waals surface area contributed by atoms with Gasteiger partial charge in [0.2, 0.25) is 0 Å². The van der Waals surface area contributed by atoms with Crippen LogP contribution in [0.3, 0.4) is 0 Å². The van der Waals surface area contributed by atoms with Crippen molar-refractivity contribution in [2.75, 3.05) is 31.9 Å². The molecule has 0 heterocycles. The summed E-state index contributed by atoms with van der Waals surface area (Å²) in [4.78, 5) is 23.5. The van der Waals surface area contributed by atoms with Gasteiger partial charge in [0.15, 0.2) is 0 Å². The van der Waals surface area contributed by atoms with Gasteiger partial charge >= 0.3 is 19.5 Å². The van der Waals surface area contributed by atoms with Crippen LogP contribution in [-0.4, -0.2) is 53.3 Å². The van der Waals surface area contributed by atoms with Crippen LogP contribution in [0.15, 0.2) is 0 Å². The Labute approximate surface area is 139 Å². The molecular formula is C13H25O8PS. The summed E-state index contributed by atoms with van der Waals surface area (Å²) in [5.41, 5.74) is -0.489. The summed E-state index contributed by atoms with van der Waals surface area (Å²) >= 11 is 0. The highest BCUT2D eigenvalue weighted by Gasteiger charge is 2.36. The lowest BCUT2D eigenvalue weighted by atomic mass is 10.3. The minimum absolute atomic E-state index is 0.0734. The Bertz CT molecular complexity index is 443. The van der Waals surface area contributed by atoms with Crippen LogP contribution in [0.2, 0.25) is 0 Å². The Morgan fingerprint density at radius 1 is 0.957 bits per heavy atom. The second kappa shape index (κ2) is 11.7. The number of hydrogen-bond donors (Lipinski definition) is 0. The van der Waals surface area contributed by atoms with E-state index in [2.05, 4.69) is 0 Å². The molecule has 0 bridgehead atoms. The van der Waals surface area contributed by atoms with Crippen molar-refractivity contribution in [2.45, 2.75) is 39.4 Å². The Morgan fingerprint density at radius 3 is 1.91 bits per heavy atom. The zero-order valence-electron chi connectivity index (χ0n) is 13.9. The second-order valence-electron chi connectivity index (χ2n) is 4.21. The first-order chi connectivity index (χ1) is 10.8. The van der Waals surface area contributed by atoms with Crippen molar-refractivity contribution in [3.8, 4) is 0 Å². The molecule has 0 unspecified atom stereocenters. The highest BCUT2D eigenvalue weighted by atomic mass is 32.2. The summed E-state index contributed by atoms with van der Waals surface area (Å²) in [5, 5.41) is -1.27. The van der Waals surface area contributed by atoms with Crippen molar-refractivity contribution in [3.05, 3.63) is 0 Å². The summed E-state index contributed by atoms with van der Waals surface area (Å²) in [5.74, 6) is -1.49. The van der Waals surface area contributed by atoms with E-state index in [1.165, 1.54) is 0 Å². The van der Waals surface area contributed by atoms with Gasteiger partial charge in [-0.05, 0) is 27.7 Å². The Kier molecular flexibility index (Phi) is 11.3. The molecule has 0 aromatic heterocycles. The van der Waals surface area contributed by atoms with Crippen molar-refractivity contribution < 1.29 is 36.9 Å². The van der Waals surface area contributed by atoms with Gasteiger partial charge in [0.1, 0.15) is 10.7 Å². The Hall–Kier alpha value is -0.760. The summed E-state index contributed by atoms with van der Waals surface area (Å²) in [7, 11) is -5.58. The molecule has 2 atom stereocenters. The van der Waals surface area contributed by atoms with Gasteiger partial charge in [-0.25, -0.2) is 0 Å². The van der Waals surface area contributed by atoms with Crippen LogP contribution in [0.1, 0.15) is 34.1 Å². The number of esters is 2. The lowest BCUT2D eigenvalue weighted by Crippen LogP contribution is -2.33. The molecule has 0 aliphatic carbocycles. The molecule has 0 radical (unpaired) electrons. The fraction of sp³-hybridized carbons (Fsp3) is 0.846. The van der Waals surface area contributed by atoms with E-state index >= 15 is 0 Å². The van der Waals surface area contributed by atoms with E-state index in [4.69, 9.17) is 18.5 Å². The highest BCUT2D eigenvalue weighted by Crippen LogP contribution is 2.49. The van der Waals surface area contributed by atoms with Gasteiger partial charge in [-0.1, -0.05) is 0 Å². The fourth-order valence-electron chi connectivity index (χ4n) is 1.64. The fourth-order valence-corrected chi connectivity index (χ4v) is 5.67. The van der Waals surface area contributed by atoms with E-state index in [0.717, 1.165) is 0 Å². The van der Waals surface area contributed by atoms with Gasteiger partial charge in [-0.3, -0.25) is 18.4 Å². The van der Waals surface area contributed by atoms with Crippen molar-refractivity contribution >= 4 is 30.3 Å². The zero-order valence-corrected chi connectivity index (χ0v) is 15.7. The molecule has 0 saturated carbocycles. The standard InChI is InChI=1S/C13H25O8PS/c1-5-18-12(14)9-11(13(15)19-6-2)23(17)10-22(16,20-7-3)21-8-4/h11H,5-10H2,1-4H3/t11-,23+/m1/s1. The third-order valence-electron chi connectivity index (χ3n) is 2.46. The maximum atomic E-state index is 12.4. The van der Waals surface area contributed by atoms with Gasteiger partial charge in [0.05, 0.1) is 32.8 Å². The smallest absolute Gasteiger partial charge is 0.343 e. The van der Waals surface area contributed by atoms with Crippen LogP contribution >= 0.6 is 7.60 Å². The number of carbonyl (C=O) groups is 2. The minimum atomic E-state index is -3.61. The molecule has 0 fully saturated rings. The molecule has 10 heteroatoms. The number of carbonyl (C=O) groups excluding carboxylic acids is 2. The molecule has 0 spiro atoms. The molecule has 0 amide bonds. The summed E-state index contributed by atoms with van der Waals surface area (Å²) < 4.78 is 44.5. The van der Waals surface area contributed by atoms with Crippen molar-refractivity contribution in [3.63, 3.8) is 0 Å². The van der Waals surface area contributed by atoms with Crippen LogP contribution in [0.5, 0.6) is 0 Å². The summed E-state index contributed by atoms with van der Waals surface area (Å²) in [6.45, 7) is 6.88. The first-order valence-corrected chi connectivity index (χ1v) is 10.5.